The zero-order valence-electron chi connectivity index (χ0n) is 29.0. The van der Waals surface area contributed by atoms with Crippen LogP contribution >= 0.6 is 0 Å². The summed E-state index contributed by atoms with van der Waals surface area (Å²) in [6.45, 7) is 1.69. The Morgan fingerprint density at radius 3 is 0.316 bits per heavy atom. The Morgan fingerprint density at radius 1 is 0.140 bits per heavy atom. The van der Waals surface area contributed by atoms with Gasteiger partial charge in [0.15, 0.2) is 0 Å². The first kappa shape index (κ1) is 44.7. The standard InChI is InChI=1S/C57H3/c1-3-5-7-9-11-13-15-17-19-21-23-25-27-29-31-33-35-37-39-41-43-45-47-49-51-53-55-57-56-54-52-50-48-46-44-42-40-38-36-34-32-30-28-26-24-22-20-18-16-14-12-10-8-6-4-2/h1H3/q-1. The van der Waals surface area contributed by atoms with Crippen LogP contribution < -0.4 is 0 Å². The van der Waals surface area contributed by atoms with Crippen molar-refractivity contribution >= 4 is 0 Å². The van der Waals surface area contributed by atoms with E-state index in [1.807, 2.05) is 5.92 Å². The lowest BCUT2D eigenvalue weighted by Crippen LogP contribution is -1.57. The van der Waals surface area contributed by atoms with E-state index in [1.165, 1.54) is 0 Å². The molecular weight excluding hydrogens is 685 g/mol. The third-order valence-electron chi connectivity index (χ3n) is 3.44. The van der Waals surface area contributed by atoms with Gasteiger partial charge in [-0.05, 0) is 102 Å². The van der Waals surface area contributed by atoms with Gasteiger partial charge in [0.2, 0.25) is 0 Å². The van der Waals surface area contributed by atoms with Crippen LogP contribution in [0.5, 0.6) is 0 Å². The molecule has 0 heteroatoms. The molecule has 0 spiro atoms. The minimum atomic E-state index is 1.69. The van der Waals surface area contributed by atoms with Crippen molar-refractivity contribution in [2.45, 2.75) is 6.92 Å². The van der Waals surface area contributed by atoms with Gasteiger partial charge in [-0.1, -0.05) is 5.92 Å². The van der Waals surface area contributed by atoms with E-state index in [9.17, 15) is 0 Å². The molecule has 0 heterocycles. The van der Waals surface area contributed by atoms with Crippen LogP contribution in [0.2, 0.25) is 0 Å². The maximum Gasteiger partial charge on any atom is 0 e. The Labute approximate surface area is 337 Å². The van der Waals surface area contributed by atoms with E-state index >= 15 is 0 Å². The average Bonchev–Trinajstić information content (AvgIpc) is 3.22. The summed E-state index contributed by atoms with van der Waals surface area (Å²) in [5.41, 5.74) is 0. The van der Waals surface area contributed by atoms with E-state index in [-0.39, 0.29) is 0 Å². The molecule has 0 saturated carbocycles. The van der Waals surface area contributed by atoms with Gasteiger partial charge < -0.3 is 6.42 Å². The molecule has 57 heavy (non-hydrogen) atoms. The van der Waals surface area contributed by atoms with Gasteiger partial charge in [-0.15, -0.1) is 5.92 Å². The summed E-state index contributed by atoms with van der Waals surface area (Å²) in [7, 11) is 0. The minimum absolute atomic E-state index is 1.69. The van der Waals surface area contributed by atoms with E-state index < -0.39 is 0 Å². The SMILES string of the molecule is [C-]#CC#CC#CC#CC#CC#CC#CC#CC#CC#CC#CC#CC#CC#CC#CC#CC#CC#CC#CC#CC#CC#CC#CC#CC#CC#CC#CC#CC. The van der Waals surface area contributed by atoms with Crippen LogP contribution in [0.1, 0.15) is 6.92 Å². The highest BCUT2D eigenvalue weighted by atomic mass is 13.6. The molecule has 0 N–H and O–H groups in total. The molecule has 0 rings (SSSR count). The zero-order chi connectivity index (χ0) is 40.9. The van der Waals surface area contributed by atoms with Gasteiger partial charge in [0.25, 0.3) is 0 Å². The van der Waals surface area contributed by atoms with E-state index in [0.717, 1.165) is 0 Å². The van der Waals surface area contributed by atoms with Crippen LogP contribution in [0.3, 0.4) is 0 Å². The first-order valence-corrected chi connectivity index (χ1v) is 14.2. The molecule has 0 fully saturated rings. The molecule has 0 atom stereocenters. The summed E-state index contributed by atoms with van der Waals surface area (Å²) < 4.78 is 0. The van der Waals surface area contributed by atoms with Gasteiger partial charge in [0.05, 0.1) is 0 Å². The molecule has 0 aromatic heterocycles. The van der Waals surface area contributed by atoms with Crippen LogP contribution in [-0.2, 0) is 0 Å². The quantitative estimate of drug-likeness (QED) is 0.260. The Bertz CT molecular complexity index is 3570. The van der Waals surface area contributed by atoms with Gasteiger partial charge >= 0.3 is 0 Å². The summed E-state index contributed by atoms with van der Waals surface area (Å²) in [5.74, 6) is 136. The fraction of sp³-hybridized carbons (Fsp3) is 0.0175. The summed E-state index contributed by atoms with van der Waals surface area (Å²) >= 11 is 0. The molecule has 0 aliphatic heterocycles. The number of hydrogen-bond acceptors (Lipinski definition) is 0. The molecule has 0 aliphatic rings. The second kappa shape index (κ2) is 43.7. The molecule has 0 bridgehead atoms. The van der Waals surface area contributed by atoms with Crippen molar-refractivity contribution in [3.63, 3.8) is 0 Å². The first-order valence-electron chi connectivity index (χ1n) is 14.2. The highest BCUT2D eigenvalue weighted by Crippen LogP contribution is 1.63. The fourth-order valence-electron chi connectivity index (χ4n) is 1.69. The minimum Gasteiger partial charge on any atom is -0.358 e. The van der Waals surface area contributed by atoms with Gasteiger partial charge in [0.1, 0.15) is 0 Å². The molecule has 0 nitrogen and oxygen atoms in total. The summed E-state index contributed by atoms with van der Waals surface area (Å²) in [4.78, 5) is 0. The monoisotopic (exact) mass is 687 g/mol. The predicted molar refractivity (Wildman–Crippen MR) is 223 cm³/mol. The van der Waals surface area contributed by atoms with Crippen molar-refractivity contribution in [3.05, 3.63) is 6.42 Å². The summed E-state index contributed by atoms with van der Waals surface area (Å²) in [5, 5.41) is 0. The van der Waals surface area contributed by atoms with Gasteiger partial charge in [0, 0.05) is 207 Å². The molecule has 0 radical (unpaired) electrons. The molecule has 0 unspecified atom stereocenters. The molecule has 0 saturated heterocycles. The molecule has 0 aliphatic carbocycles. The largest absolute Gasteiger partial charge is 0.358 e. The third kappa shape index (κ3) is 43.7. The van der Waals surface area contributed by atoms with Crippen LogP contribution in [0.25, 0.3) is 0 Å². The van der Waals surface area contributed by atoms with Crippen molar-refractivity contribution in [1.82, 2.24) is 0 Å². The zero-order valence-corrected chi connectivity index (χ0v) is 29.0. The van der Waals surface area contributed by atoms with Crippen molar-refractivity contribution in [1.29, 1.82) is 0 Å². The fourth-order valence-corrected chi connectivity index (χ4v) is 1.69. The van der Waals surface area contributed by atoms with Crippen molar-refractivity contribution in [2.24, 2.45) is 0 Å². The molecule has 232 valence electrons. The lowest BCUT2D eigenvalue weighted by molar-refractivity contribution is 1.92. The van der Waals surface area contributed by atoms with Gasteiger partial charge in [-0.25, -0.2) is 5.92 Å². The van der Waals surface area contributed by atoms with E-state index in [2.05, 4.69) is 320 Å². The molecule has 0 aromatic carbocycles. The van der Waals surface area contributed by atoms with Crippen molar-refractivity contribution in [2.75, 3.05) is 0 Å². The molecule has 0 amide bonds. The van der Waals surface area contributed by atoms with E-state index in [1.54, 1.807) is 6.92 Å². The van der Waals surface area contributed by atoms with Crippen molar-refractivity contribution in [3.8, 4) is 326 Å². The predicted octanol–water partition coefficient (Wildman–Crippen LogP) is 0.688. The molecular formula is C57H3-. The summed E-state index contributed by atoms with van der Waals surface area (Å²) in [6.07, 6.45) is 6.57. The van der Waals surface area contributed by atoms with E-state index in [4.69, 9.17) is 6.42 Å². The highest BCUT2D eigenvalue weighted by Gasteiger charge is 1.62. The second-order valence-electron chi connectivity index (χ2n) is 7.00. The first-order chi connectivity index (χ1) is 28.4. The van der Waals surface area contributed by atoms with Gasteiger partial charge in [-0.2, -0.15) is 0 Å². The normalized spacial score (nSPS) is 3.93. The van der Waals surface area contributed by atoms with Crippen molar-refractivity contribution < 1.29 is 0 Å². The average molecular weight is 688 g/mol. The van der Waals surface area contributed by atoms with Crippen LogP contribution in [0, 0.1) is 332 Å². The maximum atomic E-state index is 6.57. The summed E-state index contributed by atoms with van der Waals surface area (Å²) in [6, 6.07) is 0. The Balaban J connectivity index is 4.58. The third-order valence-corrected chi connectivity index (χ3v) is 3.44. The van der Waals surface area contributed by atoms with E-state index in [0.29, 0.717) is 0 Å². The molecule has 0 aromatic rings. The lowest BCUT2D eigenvalue weighted by Gasteiger charge is -1.63. The Morgan fingerprint density at radius 2 is 0.228 bits per heavy atom. The van der Waals surface area contributed by atoms with Gasteiger partial charge in [-0.3, -0.25) is 5.92 Å². The van der Waals surface area contributed by atoms with Crippen LogP contribution in [-0.4, -0.2) is 0 Å². The topological polar surface area (TPSA) is 0 Å². The smallest absolute Gasteiger partial charge is 0 e. The van der Waals surface area contributed by atoms with Crippen LogP contribution in [0.15, 0.2) is 0 Å². The number of hydrogen-bond donors (Lipinski definition) is 0. The second-order valence-corrected chi connectivity index (χ2v) is 7.00. The Kier molecular flexibility index (Phi) is 34.2. The highest BCUT2D eigenvalue weighted by molar-refractivity contribution is 5.51. The van der Waals surface area contributed by atoms with Crippen LogP contribution in [0.4, 0.5) is 0 Å². The maximum absolute atomic E-state index is 6.57. The number of rotatable bonds is 0. The Hall–Kier alpha value is -12.3. The lowest BCUT2D eigenvalue weighted by atomic mass is 10.4.